The van der Waals surface area contributed by atoms with E-state index in [-0.39, 0.29) is 12.0 Å². The average Bonchev–Trinajstić information content (AvgIpc) is 2.81. The van der Waals surface area contributed by atoms with Crippen molar-refractivity contribution in [2.75, 3.05) is 7.11 Å². The maximum absolute atomic E-state index is 13.8. The number of methoxy groups -OCH3 is 1. The molecule has 0 saturated carbocycles. The van der Waals surface area contributed by atoms with Crippen LogP contribution in [-0.4, -0.2) is 12.2 Å². The van der Waals surface area contributed by atoms with Gasteiger partial charge in [0.25, 0.3) is 0 Å². The van der Waals surface area contributed by atoms with Gasteiger partial charge in [-0.2, -0.15) is 0 Å². The highest BCUT2D eigenvalue weighted by molar-refractivity contribution is 5.44. The molecule has 4 heteroatoms. The smallest absolute Gasteiger partial charge is 0.162 e. The molecule has 3 rings (SSSR count). The van der Waals surface area contributed by atoms with Crippen molar-refractivity contribution >= 4 is 0 Å². The van der Waals surface area contributed by atoms with Crippen molar-refractivity contribution < 1.29 is 18.6 Å². The maximum atomic E-state index is 13.8. The van der Waals surface area contributed by atoms with Crippen molar-refractivity contribution in [2.45, 2.75) is 24.9 Å². The van der Waals surface area contributed by atoms with E-state index in [0.717, 1.165) is 17.2 Å². The first-order valence-corrected chi connectivity index (χ1v) is 6.86. The van der Waals surface area contributed by atoms with Crippen LogP contribution in [0.2, 0.25) is 0 Å². The van der Waals surface area contributed by atoms with Gasteiger partial charge in [-0.05, 0) is 47.7 Å². The SMILES string of the molecule is COc1ccc2c(c1)C(O)(Cc1cccc(F)c1F)CC2. The van der Waals surface area contributed by atoms with E-state index in [1.165, 1.54) is 12.1 Å². The van der Waals surface area contributed by atoms with Crippen LogP contribution in [0.3, 0.4) is 0 Å². The highest BCUT2D eigenvalue weighted by Gasteiger charge is 2.37. The normalized spacial score (nSPS) is 20.4. The van der Waals surface area contributed by atoms with Crippen molar-refractivity contribution in [3.63, 3.8) is 0 Å². The van der Waals surface area contributed by atoms with Gasteiger partial charge in [-0.3, -0.25) is 0 Å². The van der Waals surface area contributed by atoms with Gasteiger partial charge in [0.05, 0.1) is 12.7 Å². The Kier molecular flexibility index (Phi) is 3.41. The van der Waals surface area contributed by atoms with Gasteiger partial charge in [0.1, 0.15) is 5.75 Å². The average molecular weight is 290 g/mol. The van der Waals surface area contributed by atoms with E-state index < -0.39 is 17.2 Å². The maximum Gasteiger partial charge on any atom is 0.162 e. The fourth-order valence-electron chi connectivity index (χ4n) is 2.99. The molecule has 0 aliphatic heterocycles. The van der Waals surface area contributed by atoms with Crippen LogP contribution in [-0.2, 0) is 18.4 Å². The van der Waals surface area contributed by atoms with E-state index in [2.05, 4.69) is 0 Å². The molecular formula is C17H16F2O2. The Morgan fingerprint density at radius 2 is 2.05 bits per heavy atom. The molecule has 2 aromatic carbocycles. The number of rotatable bonds is 3. The van der Waals surface area contributed by atoms with E-state index in [4.69, 9.17) is 4.74 Å². The van der Waals surface area contributed by atoms with Crippen molar-refractivity contribution in [1.82, 2.24) is 0 Å². The second-order valence-electron chi connectivity index (χ2n) is 5.44. The summed E-state index contributed by atoms with van der Waals surface area (Å²) in [4.78, 5) is 0. The molecule has 0 aromatic heterocycles. The molecule has 0 heterocycles. The fraction of sp³-hybridized carbons (Fsp3) is 0.294. The lowest BCUT2D eigenvalue weighted by atomic mass is 9.88. The predicted octanol–water partition coefficient (Wildman–Crippen LogP) is 3.35. The Bertz CT molecular complexity index is 684. The summed E-state index contributed by atoms with van der Waals surface area (Å²) in [6.45, 7) is 0. The van der Waals surface area contributed by atoms with Gasteiger partial charge in [-0.1, -0.05) is 18.2 Å². The van der Waals surface area contributed by atoms with Crippen LogP contribution in [0.25, 0.3) is 0 Å². The molecule has 0 spiro atoms. The van der Waals surface area contributed by atoms with Crippen LogP contribution in [0, 0.1) is 11.6 Å². The number of benzene rings is 2. The van der Waals surface area contributed by atoms with Crippen LogP contribution < -0.4 is 4.74 Å². The minimum absolute atomic E-state index is 0.0523. The predicted molar refractivity (Wildman–Crippen MR) is 75.3 cm³/mol. The molecule has 1 unspecified atom stereocenters. The summed E-state index contributed by atoms with van der Waals surface area (Å²) in [5.74, 6) is -1.13. The molecular weight excluding hydrogens is 274 g/mol. The summed E-state index contributed by atoms with van der Waals surface area (Å²) in [7, 11) is 1.56. The van der Waals surface area contributed by atoms with E-state index in [9.17, 15) is 13.9 Å². The second kappa shape index (κ2) is 5.11. The standard InChI is InChI=1S/C17H16F2O2/c1-21-13-6-5-11-7-8-17(20,14(11)9-13)10-12-3-2-4-15(18)16(12)19/h2-6,9,20H,7-8,10H2,1H3. The molecule has 2 aromatic rings. The highest BCUT2D eigenvalue weighted by Crippen LogP contribution is 2.41. The van der Waals surface area contributed by atoms with Crippen molar-refractivity contribution in [3.05, 3.63) is 64.7 Å². The first kappa shape index (κ1) is 14.0. The van der Waals surface area contributed by atoms with Crippen LogP contribution in [0.4, 0.5) is 8.78 Å². The molecule has 0 saturated heterocycles. The van der Waals surface area contributed by atoms with Crippen LogP contribution in [0.15, 0.2) is 36.4 Å². The lowest BCUT2D eigenvalue weighted by Crippen LogP contribution is -2.26. The van der Waals surface area contributed by atoms with Gasteiger partial charge in [-0.25, -0.2) is 8.78 Å². The summed E-state index contributed by atoms with van der Waals surface area (Å²) >= 11 is 0. The third-order valence-corrected chi connectivity index (χ3v) is 4.14. The molecule has 2 nitrogen and oxygen atoms in total. The second-order valence-corrected chi connectivity index (χ2v) is 5.44. The topological polar surface area (TPSA) is 29.5 Å². The first-order valence-electron chi connectivity index (χ1n) is 6.86. The Hall–Kier alpha value is -1.94. The van der Waals surface area contributed by atoms with E-state index >= 15 is 0 Å². The van der Waals surface area contributed by atoms with E-state index in [1.54, 1.807) is 13.2 Å². The molecule has 1 aliphatic rings. The van der Waals surface area contributed by atoms with Gasteiger partial charge in [0.15, 0.2) is 11.6 Å². The number of ether oxygens (including phenoxy) is 1. The molecule has 0 amide bonds. The number of fused-ring (bicyclic) bond motifs is 1. The van der Waals surface area contributed by atoms with E-state index in [0.29, 0.717) is 18.6 Å². The zero-order chi connectivity index (χ0) is 15.0. The summed E-state index contributed by atoms with van der Waals surface area (Å²) in [6, 6.07) is 9.57. The quantitative estimate of drug-likeness (QED) is 0.939. The lowest BCUT2D eigenvalue weighted by Gasteiger charge is -2.25. The Morgan fingerprint density at radius 1 is 1.24 bits per heavy atom. The zero-order valence-electron chi connectivity index (χ0n) is 11.7. The number of hydrogen-bond donors (Lipinski definition) is 1. The summed E-state index contributed by atoms with van der Waals surface area (Å²) in [6.07, 6.45) is 1.26. The molecule has 1 N–H and O–H groups in total. The Balaban J connectivity index is 1.99. The summed E-state index contributed by atoms with van der Waals surface area (Å²) < 4.78 is 32.3. The minimum atomic E-state index is -1.18. The van der Waals surface area contributed by atoms with Gasteiger partial charge in [0.2, 0.25) is 0 Å². The molecule has 0 fully saturated rings. The molecule has 1 aliphatic carbocycles. The van der Waals surface area contributed by atoms with Crippen LogP contribution in [0.1, 0.15) is 23.1 Å². The monoisotopic (exact) mass is 290 g/mol. The van der Waals surface area contributed by atoms with Crippen LogP contribution >= 0.6 is 0 Å². The van der Waals surface area contributed by atoms with Gasteiger partial charge < -0.3 is 9.84 Å². The number of aliphatic hydroxyl groups is 1. The molecule has 21 heavy (non-hydrogen) atoms. The van der Waals surface area contributed by atoms with Gasteiger partial charge >= 0.3 is 0 Å². The summed E-state index contributed by atoms with van der Waals surface area (Å²) in [5.41, 5.74) is 0.771. The third-order valence-electron chi connectivity index (χ3n) is 4.14. The Morgan fingerprint density at radius 3 is 2.81 bits per heavy atom. The summed E-state index contributed by atoms with van der Waals surface area (Å²) in [5, 5.41) is 10.9. The number of aryl methyl sites for hydroxylation is 1. The molecule has 0 bridgehead atoms. The van der Waals surface area contributed by atoms with E-state index in [1.807, 2.05) is 12.1 Å². The first-order chi connectivity index (χ1) is 10.0. The third kappa shape index (κ3) is 2.40. The van der Waals surface area contributed by atoms with Gasteiger partial charge in [-0.15, -0.1) is 0 Å². The van der Waals surface area contributed by atoms with Gasteiger partial charge in [0, 0.05) is 6.42 Å². The fourth-order valence-corrected chi connectivity index (χ4v) is 2.99. The van der Waals surface area contributed by atoms with Crippen molar-refractivity contribution in [1.29, 1.82) is 0 Å². The molecule has 0 radical (unpaired) electrons. The largest absolute Gasteiger partial charge is 0.497 e. The minimum Gasteiger partial charge on any atom is -0.497 e. The molecule has 110 valence electrons. The highest BCUT2D eigenvalue weighted by atomic mass is 19.2. The number of hydrogen-bond acceptors (Lipinski definition) is 2. The number of halogens is 2. The van der Waals surface area contributed by atoms with Crippen molar-refractivity contribution in [3.8, 4) is 5.75 Å². The van der Waals surface area contributed by atoms with Crippen molar-refractivity contribution in [2.24, 2.45) is 0 Å². The Labute approximate surface area is 122 Å². The zero-order valence-corrected chi connectivity index (χ0v) is 11.7. The van der Waals surface area contributed by atoms with Crippen LogP contribution in [0.5, 0.6) is 5.75 Å². The lowest BCUT2D eigenvalue weighted by molar-refractivity contribution is 0.0378. The molecule has 1 atom stereocenters.